The zero-order valence-electron chi connectivity index (χ0n) is 16.1. The first-order valence-corrected chi connectivity index (χ1v) is 9.28. The van der Waals surface area contributed by atoms with Crippen LogP contribution in [-0.4, -0.2) is 32.8 Å². The van der Waals surface area contributed by atoms with Crippen LogP contribution in [0.2, 0.25) is 5.02 Å². The van der Waals surface area contributed by atoms with Gasteiger partial charge in [-0.1, -0.05) is 47.7 Å². The van der Waals surface area contributed by atoms with E-state index in [1.54, 1.807) is 37.4 Å². The molecule has 0 heterocycles. The molecule has 0 saturated carbocycles. The Kier molecular flexibility index (Phi) is 8.92. The van der Waals surface area contributed by atoms with Crippen LogP contribution in [0, 0.1) is 24.7 Å². The molecule has 2 aromatic carbocycles. The molecule has 150 valence electrons. The minimum absolute atomic E-state index is 0.000369. The quantitative estimate of drug-likeness (QED) is 0.609. The lowest BCUT2D eigenvalue weighted by Gasteiger charge is -2.18. The largest absolute Gasteiger partial charge is 0.493 e. The number of amides is 1. The van der Waals surface area contributed by atoms with Crippen LogP contribution in [0.3, 0.4) is 0 Å². The summed E-state index contributed by atoms with van der Waals surface area (Å²) in [6, 6.07) is 12.5. The molecular formula is C23H22ClNO4. The van der Waals surface area contributed by atoms with Crippen LogP contribution < -0.4 is 14.8 Å². The van der Waals surface area contributed by atoms with E-state index in [4.69, 9.17) is 38.7 Å². The van der Waals surface area contributed by atoms with Gasteiger partial charge in [-0.15, -0.1) is 12.8 Å². The zero-order valence-corrected chi connectivity index (χ0v) is 16.9. The number of halogens is 1. The Bertz CT molecular complexity index is 914. The number of carbonyl (C=O) groups excluding carboxylic acids is 1. The third-order valence-electron chi connectivity index (χ3n) is 4.01. The summed E-state index contributed by atoms with van der Waals surface area (Å²) in [5.74, 6) is 5.62. The van der Waals surface area contributed by atoms with Gasteiger partial charge in [0.15, 0.2) is 17.6 Å². The van der Waals surface area contributed by atoms with Gasteiger partial charge >= 0.3 is 0 Å². The van der Waals surface area contributed by atoms with Crippen LogP contribution in [-0.2, 0) is 16.0 Å². The molecule has 0 bridgehead atoms. The molecule has 0 aliphatic heterocycles. The maximum Gasteiger partial charge on any atom is 0.253 e. The molecule has 0 radical (unpaired) electrons. The van der Waals surface area contributed by atoms with Gasteiger partial charge in [0.1, 0.15) is 13.2 Å². The average molecular weight is 412 g/mol. The van der Waals surface area contributed by atoms with E-state index in [1.165, 1.54) is 0 Å². The fourth-order valence-electron chi connectivity index (χ4n) is 2.65. The second-order valence-corrected chi connectivity index (χ2v) is 6.34. The monoisotopic (exact) mass is 411 g/mol. The molecule has 2 rings (SSSR count). The lowest BCUT2D eigenvalue weighted by atomic mass is 10.1. The van der Waals surface area contributed by atoms with E-state index in [1.807, 2.05) is 12.1 Å². The average Bonchev–Trinajstić information content (AvgIpc) is 2.74. The molecule has 5 nitrogen and oxygen atoms in total. The standard InChI is InChI=1S/C23H22ClNO4/c1-4-14-28-20-11-10-17(16-21(20)27-3)12-13-25-23(26)22(29-15-5-2)18-8-6-7-9-19(18)24/h1-2,6-11,16,22H,12-15H2,3H3,(H,25,26). The number of hydrogen-bond acceptors (Lipinski definition) is 4. The number of nitrogens with one attached hydrogen (secondary N) is 1. The molecule has 0 spiro atoms. The van der Waals surface area contributed by atoms with E-state index < -0.39 is 6.10 Å². The van der Waals surface area contributed by atoms with E-state index in [0.29, 0.717) is 35.1 Å². The summed E-state index contributed by atoms with van der Waals surface area (Å²) < 4.78 is 16.3. The van der Waals surface area contributed by atoms with E-state index in [0.717, 1.165) is 5.56 Å². The van der Waals surface area contributed by atoms with E-state index in [2.05, 4.69) is 17.2 Å². The van der Waals surface area contributed by atoms with Gasteiger partial charge in [0.25, 0.3) is 5.91 Å². The van der Waals surface area contributed by atoms with Crippen molar-refractivity contribution in [1.82, 2.24) is 5.32 Å². The highest BCUT2D eigenvalue weighted by molar-refractivity contribution is 6.31. The van der Waals surface area contributed by atoms with Gasteiger partial charge in [0, 0.05) is 17.1 Å². The molecule has 1 unspecified atom stereocenters. The van der Waals surface area contributed by atoms with E-state index >= 15 is 0 Å². The Labute approximate surface area is 176 Å². The van der Waals surface area contributed by atoms with Crippen LogP contribution in [0.4, 0.5) is 0 Å². The van der Waals surface area contributed by atoms with Gasteiger partial charge in [-0.3, -0.25) is 4.79 Å². The predicted octanol–water partition coefficient (Wildman–Crippen LogP) is 3.41. The lowest BCUT2D eigenvalue weighted by Crippen LogP contribution is -2.32. The summed E-state index contributed by atoms with van der Waals surface area (Å²) >= 11 is 6.21. The Morgan fingerprint density at radius 3 is 2.59 bits per heavy atom. The minimum Gasteiger partial charge on any atom is -0.493 e. The number of carbonyl (C=O) groups is 1. The van der Waals surface area contributed by atoms with Crippen LogP contribution in [0.25, 0.3) is 0 Å². The van der Waals surface area contributed by atoms with Crippen molar-refractivity contribution in [3.63, 3.8) is 0 Å². The number of ether oxygens (including phenoxy) is 3. The first kappa shape index (κ1) is 22.2. The molecule has 0 saturated heterocycles. The van der Waals surface area contributed by atoms with Crippen molar-refractivity contribution in [2.45, 2.75) is 12.5 Å². The Morgan fingerprint density at radius 2 is 1.90 bits per heavy atom. The van der Waals surface area contributed by atoms with Crippen LogP contribution in [0.5, 0.6) is 11.5 Å². The molecule has 6 heteroatoms. The number of benzene rings is 2. The summed E-state index contributed by atoms with van der Waals surface area (Å²) in [7, 11) is 1.56. The maximum atomic E-state index is 12.7. The fraction of sp³-hybridized carbons (Fsp3) is 0.261. The Hall–Kier alpha value is -3.12. The second kappa shape index (κ2) is 11.7. The summed E-state index contributed by atoms with van der Waals surface area (Å²) in [5, 5.41) is 3.30. The van der Waals surface area contributed by atoms with Gasteiger partial charge in [-0.25, -0.2) is 0 Å². The highest BCUT2D eigenvalue weighted by Crippen LogP contribution is 2.28. The van der Waals surface area contributed by atoms with Gasteiger partial charge in [0.05, 0.1) is 7.11 Å². The van der Waals surface area contributed by atoms with Gasteiger partial charge in [-0.05, 0) is 30.2 Å². The molecule has 29 heavy (non-hydrogen) atoms. The third-order valence-corrected chi connectivity index (χ3v) is 4.36. The molecular weight excluding hydrogens is 390 g/mol. The highest BCUT2D eigenvalue weighted by atomic mass is 35.5. The smallest absolute Gasteiger partial charge is 0.253 e. The number of terminal acetylenes is 2. The second-order valence-electron chi connectivity index (χ2n) is 5.94. The Balaban J connectivity index is 2.00. The van der Waals surface area contributed by atoms with E-state index in [-0.39, 0.29) is 19.1 Å². The summed E-state index contributed by atoms with van der Waals surface area (Å²) in [6.07, 6.45) is 10.2. The fourth-order valence-corrected chi connectivity index (χ4v) is 2.89. The lowest BCUT2D eigenvalue weighted by molar-refractivity contribution is -0.132. The van der Waals surface area contributed by atoms with Crippen molar-refractivity contribution in [2.24, 2.45) is 0 Å². The first-order chi connectivity index (χ1) is 14.1. The van der Waals surface area contributed by atoms with Crippen molar-refractivity contribution < 1.29 is 19.0 Å². The van der Waals surface area contributed by atoms with Gasteiger partial charge in [0.2, 0.25) is 0 Å². The predicted molar refractivity (Wildman–Crippen MR) is 113 cm³/mol. The topological polar surface area (TPSA) is 56.8 Å². The van der Waals surface area contributed by atoms with Crippen molar-refractivity contribution >= 4 is 17.5 Å². The molecule has 1 atom stereocenters. The highest BCUT2D eigenvalue weighted by Gasteiger charge is 2.23. The van der Waals surface area contributed by atoms with Gasteiger partial charge < -0.3 is 19.5 Å². The zero-order chi connectivity index (χ0) is 21.1. The first-order valence-electron chi connectivity index (χ1n) is 8.91. The number of hydrogen-bond donors (Lipinski definition) is 1. The van der Waals surface area contributed by atoms with Crippen molar-refractivity contribution in [3.05, 3.63) is 58.6 Å². The SMILES string of the molecule is C#CCOc1ccc(CCNC(=O)C(OCC#C)c2ccccc2Cl)cc1OC. The maximum absolute atomic E-state index is 12.7. The van der Waals surface area contributed by atoms with Crippen molar-refractivity contribution in [2.75, 3.05) is 26.9 Å². The minimum atomic E-state index is -0.881. The molecule has 0 aromatic heterocycles. The molecule has 0 aliphatic carbocycles. The molecule has 1 amide bonds. The van der Waals surface area contributed by atoms with Crippen LogP contribution in [0.15, 0.2) is 42.5 Å². The summed E-state index contributed by atoms with van der Waals surface area (Å²) in [6.45, 7) is 0.555. The molecule has 1 N–H and O–H groups in total. The van der Waals surface area contributed by atoms with Crippen molar-refractivity contribution in [1.29, 1.82) is 0 Å². The number of rotatable bonds is 10. The number of methoxy groups -OCH3 is 1. The summed E-state index contributed by atoms with van der Waals surface area (Å²) in [4.78, 5) is 12.7. The van der Waals surface area contributed by atoms with Crippen LogP contribution in [0.1, 0.15) is 17.2 Å². The summed E-state index contributed by atoms with van der Waals surface area (Å²) in [5.41, 5.74) is 1.53. The van der Waals surface area contributed by atoms with E-state index in [9.17, 15) is 4.79 Å². The Morgan fingerprint density at radius 1 is 1.14 bits per heavy atom. The molecule has 0 fully saturated rings. The van der Waals surface area contributed by atoms with Crippen LogP contribution >= 0.6 is 11.6 Å². The third kappa shape index (κ3) is 6.47. The normalized spacial score (nSPS) is 11.0. The molecule has 0 aliphatic rings. The molecule has 2 aromatic rings. The van der Waals surface area contributed by atoms with Crippen molar-refractivity contribution in [3.8, 4) is 36.2 Å². The van der Waals surface area contributed by atoms with Gasteiger partial charge in [-0.2, -0.15) is 0 Å².